The molecule has 4 heteroatoms. The monoisotopic (exact) mass is 346 g/mol. The molecule has 0 amide bonds. The van der Waals surface area contributed by atoms with Crippen molar-refractivity contribution in [2.24, 2.45) is 0 Å². The molecular weight excluding hydrogens is 332 g/mol. The molecule has 0 saturated heterocycles. The van der Waals surface area contributed by atoms with Gasteiger partial charge in [-0.2, -0.15) is 0 Å². The normalized spacial score (nSPS) is 12.7. The van der Waals surface area contributed by atoms with Crippen molar-refractivity contribution in [3.8, 4) is 0 Å². The third kappa shape index (κ3) is 2.92. The molecule has 1 aromatic heterocycles. The number of thiazole rings is 1. The van der Waals surface area contributed by atoms with Crippen molar-refractivity contribution in [2.45, 2.75) is 12.5 Å². The van der Waals surface area contributed by atoms with Crippen LogP contribution in [0.4, 0.5) is 0 Å². The van der Waals surface area contributed by atoms with Gasteiger partial charge < -0.3 is 5.32 Å². The third-order valence-corrected chi connectivity index (χ3v) is 4.76. The maximum absolute atomic E-state index is 4.15. The standard InChI is InChI=1S/C16H15BrN2S/c1-18-16(8-15-9-19-10-20-15)13-3-2-12-7-14(17)5-4-11(12)6-13/h2-7,9-10,16,18H,8H2,1H3. The number of nitrogens with zero attached hydrogens (tertiary/aromatic N) is 1. The second-order valence-corrected chi connectivity index (χ2v) is 6.65. The zero-order valence-corrected chi connectivity index (χ0v) is 13.5. The molecule has 3 rings (SSSR count). The lowest BCUT2D eigenvalue weighted by molar-refractivity contribution is 0.597. The molecule has 0 radical (unpaired) electrons. The van der Waals surface area contributed by atoms with Crippen LogP contribution in [0.2, 0.25) is 0 Å². The largest absolute Gasteiger partial charge is 0.313 e. The summed E-state index contributed by atoms with van der Waals surface area (Å²) in [5, 5.41) is 5.94. The van der Waals surface area contributed by atoms with Gasteiger partial charge in [0.05, 0.1) is 5.51 Å². The minimum absolute atomic E-state index is 0.323. The van der Waals surface area contributed by atoms with Gasteiger partial charge in [0, 0.05) is 28.0 Å². The molecule has 0 aliphatic heterocycles. The third-order valence-electron chi connectivity index (χ3n) is 3.47. The molecule has 0 saturated carbocycles. The summed E-state index contributed by atoms with van der Waals surface area (Å²) in [5.41, 5.74) is 3.20. The number of aromatic nitrogens is 1. The maximum atomic E-state index is 4.15. The van der Waals surface area contributed by atoms with Crippen molar-refractivity contribution in [1.82, 2.24) is 10.3 Å². The van der Waals surface area contributed by atoms with E-state index in [9.17, 15) is 0 Å². The van der Waals surface area contributed by atoms with Crippen LogP contribution >= 0.6 is 27.3 Å². The number of nitrogens with one attached hydrogen (secondary N) is 1. The Morgan fingerprint density at radius 1 is 1.20 bits per heavy atom. The second kappa shape index (κ2) is 6.04. The number of benzene rings is 2. The van der Waals surface area contributed by atoms with Gasteiger partial charge in [-0.25, -0.2) is 0 Å². The number of hydrogen-bond donors (Lipinski definition) is 1. The molecule has 0 aliphatic rings. The first-order chi connectivity index (χ1) is 9.76. The van der Waals surface area contributed by atoms with Gasteiger partial charge in [-0.15, -0.1) is 11.3 Å². The maximum Gasteiger partial charge on any atom is 0.0794 e. The lowest BCUT2D eigenvalue weighted by Crippen LogP contribution is -2.18. The van der Waals surface area contributed by atoms with Crippen molar-refractivity contribution in [2.75, 3.05) is 7.05 Å². The summed E-state index contributed by atoms with van der Waals surface area (Å²) >= 11 is 5.22. The van der Waals surface area contributed by atoms with Crippen molar-refractivity contribution in [1.29, 1.82) is 0 Å². The lowest BCUT2D eigenvalue weighted by Gasteiger charge is -2.16. The van der Waals surface area contributed by atoms with Gasteiger partial charge in [0.1, 0.15) is 0 Å². The van der Waals surface area contributed by atoms with E-state index >= 15 is 0 Å². The van der Waals surface area contributed by atoms with E-state index in [-0.39, 0.29) is 0 Å². The summed E-state index contributed by atoms with van der Waals surface area (Å²) in [6.45, 7) is 0. The van der Waals surface area contributed by atoms with Crippen molar-refractivity contribution in [3.05, 3.63) is 63.0 Å². The highest BCUT2D eigenvalue weighted by Crippen LogP contribution is 2.26. The Bertz CT molecular complexity index is 710. The fourth-order valence-electron chi connectivity index (χ4n) is 2.38. The zero-order chi connectivity index (χ0) is 13.9. The van der Waals surface area contributed by atoms with Crippen LogP contribution in [0.15, 0.2) is 52.6 Å². The average Bonchev–Trinajstić information content (AvgIpc) is 2.97. The molecule has 2 aromatic carbocycles. The Hall–Kier alpha value is -1.23. The van der Waals surface area contributed by atoms with Crippen molar-refractivity contribution < 1.29 is 0 Å². The number of halogens is 1. The van der Waals surface area contributed by atoms with E-state index in [1.807, 2.05) is 18.8 Å². The van der Waals surface area contributed by atoms with E-state index in [0.717, 1.165) is 10.9 Å². The molecule has 1 atom stereocenters. The van der Waals surface area contributed by atoms with Crippen LogP contribution in [0.3, 0.4) is 0 Å². The van der Waals surface area contributed by atoms with E-state index in [0.29, 0.717) is 6.04 Å². The summed E-state index contributed by atoms with van der Waals surface area (Å²) in [7, 11) is 2.01. The highest BCUT2D eigenvalue weighted by atomic mass is 79.9. The summed E-state index contributed by atoms with van der Waals surface area (Å²) in [5.74, 6) is 0. The molecule has 2 nitrogen and oxygen atoms in total. The molecular formula is C16H15BrN2S. The van der Waals surface area contributed by atoms with Crippen LogP contribution in [0.5, 0.6) is 0 Å². The molecule has 0 aliphatic carbocycles. The Labute approximate surface area is 131 Å². The minimum atomic E-state index is 0.323. The van der Waals surface area contributed by atoms with Crippen LogP contribution in [0.25, 0.3) is 10.8 Å². The Morgan fingerprint density at radius 2 is 2.00 bits per heavy atom. The summed E-state index contributed by atoms with van der Waals surface area (Å²) in [4.78, 5) is 5.45. The topological polar surface area (TPSA) is 24.9 Å². The van der Waals surface area contributed by atoms with Crippen molar-refractivity contribution >= 4 is 38.0 Å². The fraction of sp³-hybridized carbons (Fsp3) is 0.188. The van der Waals surface area contributed by atoms with Gasteiger partial charge in [0.25, 0.3) is 0 Å². The smallest absolute Gasteiger partial charge is 0.0794 e. The number of rotatable bonds is 4. The predicted octanol–water partition coefficient (Wildman–Crippen LogP) is 4.56. The summed E-state index contributed by atoms with van der Waals surface area (Å²) in [6.07, 6.45) is 2.93. The highest BCUT2D eigenvalue weighted by Gasteiger charge is 2.11. The zero-order valence-electron chi connectivity index (χ0n) is 11.1. The molecule has 1 N–H and O–H groups in total. The molecule has 0 bridgehead atoms. The van der Waals surface area contributed by atoms with Crippen LogP contribution < -0.4 is 5.32 Å². The number of likely N-dealkylation sites (N-methyl/N-ethyl adjacent to an activating group) is 1. The SMILES string of the molecule is CNC(Cc1cncs1)c1ccc2cc(Br)ccc2c1. The minimum Gasteiger partial charge on any atom is -0.313 e. The van der Waals surface area contributed by atoms with Gasteiger partial charge in [-0.05, 0) is 41.6 Å². The lowest BCUT2D eigenvalue weighted by atomic mass is 9.99. The number of fused-ring (bicyclic) bond motifs is 1. The first kappa shape index (κ1) is 13.7. The predicted molar refractivity (Wildman–Crippen MR) is 89.3 cm³/mol. The second-order valence-electron chi connectivity index (χ2n) is 4.76. The Kier molecular flexibility index (Phi) is 4.15. The fourth-order valence-corrected chi connectivity index (χ4v) is 3.40. The van der Waals surface area contributed by atoms with Gasteiger partial charge >= 0.3 is 0 Å². The molecule has 102 valence electrons. The Balaban J connectivity index is 1.93. The quantitative estimate of drug-likeness (QED) is 0.748. The van der Waals surface area contributed by atoms with Gasteiger partial charge in [-0.1, -0.05) is 34.1 Å². The molecule has 20 heavy (non-hydrogen) atoms. The molecule has 0 spiro atoms. The van der Waals surface area contributed by atoms with E-state index < -0.39 is 0 Å². The van der Waals surface area contributed by atoms with E-state index in [1.165, 1.54) is 21.2 Å². The van der Waals surface area contributed by atoms with Crippen molar-refractivity contribution in [3.63, 3.8) is 0 Å². The highest BCUT2D eigenvalue weighted by molar-refractivity contribution is 9.10. The van der Waals surface area contributed by atoms with Crippen LogP contribution in [0, 0.1) is 0 Å². The average molecular weight is 347 g/mol. The van der Waals surface area contributed by atoms with E-state index in [1.54, 1.807) is 11.3 Å². The number of hydrogen-bond acceptors (Lipinski definition) is 3. The molecule has 1 heterocycles. The summed E-state index contributed by atoms with van der Waals surface area (Å²) < 4.78 is 1.12. The van der Waals surface area contributed by atoms with Crippen LogP contribution in [0.1, 0.15) is 16.5 Å². The van der Waals surface area contributed by atoms with Gasteiger partial charge in [0.15, 0.2) is 0 Å². The van der Waals surface area contributed by atoms with E-state index in [2.05, 4.69) is 62.6 Å². The van der Waals surface area contributed by atoms with E-state index in [4.69, 9.17) is 0 Å². The van der Waals surface area contributed by atoms with Crippen LogP contribution in [-0.2, 0) is 6.42 Å². The molecule has 3 aromatic rings. The first-order valence-corrected chi connectivity index (χ1v) is 8.17. The molecule has 0 fully saturated rings. The first-order valence-electron chi connectivity index (χ1n) is 6.50. The molecule has 1 unspecified atom stereocenters. The van der Waals surface area contributed by atoms with Gasteiger partial charge in [-0.3, -0.25) is 4.98 Å². The Morgan fingerprint density at radius 3 is 2.75 bits per heavy atom. The van der Waals surface area contributed by atoms with Gasteiger partial charge in [0.2, 0.25) is 0 Å². The summed E-state index contributed by atoms with van der Waals surface area (Å²) in [6, 6.07) is 13.4. The van der Waals surface area contributed by atoms with Crippen LogP contribution in [-0.4, -0.2) is 12.0 Å².